The van der Waals surface area contributed by atoms with Crippen LogP contribution in [0.4, 0.5) is 10.8 Å². The summed E-state index contributed by atoms with van der Waals surface area (Å²) < 4.78 is 5.47. The van der Waals surface area contributed by atoms with Gasteiger partial charge in [0.15, 0.2) is 4.34 Å². The third kappa shape index (κ3) is 4.50. The smallest absolute Gasteiger partial charge is 0.337 e. The molecule has 0 atom stereocenters. The molecular formula is C20H17N5O3S2. The Bertz CT molecular complexity index is 1280. The first kappa shape index (κ1) is 20.0. The number of aromatic amines is 1. The Morgan fingerprint density at radius 1 is 1.23 bits per heavy atom. The second-order valence-corrected chi connectivity index (χ2v) is 8.59. The third-order valence-electron chi connectivity index (χ3n) is 4.18. The summed E-state index contributed by atoms with van der Waals surface area (Å²) in [5, 5.41) is 12.7. The van der Waals surface area contributed by atoms with Crippen LogP contribution in [-0.2, 0) is 10.5 Å². The number of aromatic nitrogens is 4. The minimum atomic E-state index is -0.475. The van der Waals surface area contributed by atoms with Crippen LogP contribution in [0.15, 0.2) is 51.6 Å². The largest absolute Gasteiger partial charge is 0.465 e. The molecular weight excluding hydrogens is 422 g/mol. The molecule has 0 amide bonds. The minimum absolute atomic E-state index is 0.258. The summed E-state index contributed by atoms with van der Waals surface area (Å²) in [5.41, 5.74) is 2.63. The van der Waals surface area contributed by atoms with Gasteiger partial charge in [0.25, 0.3) is 5.56 Å². The molecule has 2 heterocycles. The maximum absolute atomic E-state index is 12.3. The highest BCUT2D eigenvalue weighted by Crippen LogP contribution is 2.29. The maximum Gasteiger partial charge on any atom is 0.337 e. The Kier molecular flexibility index (Phi) is 5.77. The second-order valence-electron chi connectivity index (χ2n) is 6.39. The molecule has 10 heteroatoms. The van der Waals surface area contributed by atoms with Crippen molar-refractivity contribution in [2.24, 2.45) is 0 Å². The van der Waals surface area contributed by atoms with Gasteiger partial charge in [-0.2, -0.15) is 0 Å². The number of nitrogens with one attached hydrogen (secondary N) is 2. The summed E-state index contributed by atoms with van der Waals surface area (Å²) in [5.74, 6) is 0.424. The maximum atomic E-state index is 12.3. The highest BCUT2D eigenvalue weighted by molar-refractivity contribution is 8.00. The lowest BCUT2D eigenvalue weighted by Gasteiger charge is -2.04. The number of anilines is 2. The molecule has 0 fully saturated rings. The number of H-pyrrole nitrogens is 1. The van der Waals surface area contributed by atoms with Gasteiger partial charge in [0.05, 0.1) is 29.3 Å². The van der Waals surface area contributed by atoms with Crippen LogP contribution in [0.3, 0.4) is 0 Å². The normalized spacial score (nSPS) is 10.9. The van der Waals surface area contributed by atoms with Crippen LogP contribution >= 0.6 is 23.1 Å². The summed E-state index contributed by atoms with van der Waals surface area (Å²) in [6.07, 6.45) is 0. The molecule has 2 aromatic heterocycles. The summed E-state index contributed by atoms with van der Waals surface area (Å²) in [6.45, 7) is 2.03. The van der Waals surface area contributed by atoms with E-state index in [-0.39, 0.29) is 5.56 Å². The van der Waals surface area contributed by atoms with E-state index in [0.29, 0.717) is 33.2 Å². The van der Waals surface area contributed by atoms with Crippen molar-refractivity contribution in [3.63, 3.8) is 0 Å². The molecule has 0 aliphatic rings. The van der Waals surface area contributed by atoms with E-state index in [9.17, 15) is 9.59 Å². The number of carbonyl (C=O) groups excluding carboxylic acids is 1. The fourth-order valence-corrected chi connectivity index (χ4v) is 4.44. The fraction of sp³-hybridized carbons (Fsp3) is 0.150. The van der Waals surface area contributed by atoms with Gasteiger partial charge in [-0.05, 0) is 42.8 Å². The fourth-order valence-electron chi connectivity index (χ4n) is 2.80. The lowest BCUT2D eigenvalue weighted by molar-refractivity contribution is 0.0601. The average molecular weight is 440 g/mol. The van der Waals surface area contributed by atoms with Crippen molar-refractivity contribution >= 4 is 50.8 Å². The van der Waals surface area contributed by atoms with E-state index in [1.54, 1.807) is 18.2 Å². The molecule has 0 bridgehead atoms. The van der Waals surface area contributed by atoms with Crippen LogP contribution in [0.25, 0.3) is 10.9 Å². The number of aryl methyl sites for hydroxylation is 1. The monoisotopic (exact) mass is 439 g/mol. The number of hydrogen-bond donors (Lipinski definition) is 2. The summed E-state index contributed by atoms with van der Waals surface area (Å²) >= 11 is 2.84. The van der Waals surface area contributed by atoms with Gasteiger partial charge in [-0.15, -0.1) is 10.2 Å². The number of fused-ring (bicyclic) bond motifs is 1. The van der Waals surface area contributed by atoms with Gasteiger partial charge in [0, 0.05) is 5.69 Å². The Morgan fingerprint density at radius 3 is 2.90 bits per heavy atom. The molecule has 0 radical (unpaired) electrons. The predicted octanol–water partition coefficient (Wildman–Crippen LogP) is 3.91. The standard InChI is InChI=1S/C20H17N5O3S2/c1-11-4-3-5-13(8-11)21-19-24-25-20(30-19)29-10-16-22-15-9-12(18(27)28-2)6-7-14(15)17(26)23-16/h3-9H,10H2,1-2H3,(H,21,24)(H,22,23,26). The zero-order chi connectivity index (χ0) is 21.1. The van der Waals surface area contributed by atoms with Crippen molar-refractivity contribution in [1.82, 2.24) is 20.2 Å². The summed E-state index contributed by atoms with van der Waals surface area (Å²) in [4.78, 5) is 31.3. The minimum Gasteiger partial charge on any atom is -0.465 e. The number of methoxy groups -OCH3 is 1. The molecule has 8 nitrogen and oxygen atoms in total. The molecule has 0 spiro atoms. The van der Waals surface area contributed by atoms with Gasteiger partial charge in [0.2, 0.25) is 5.13 Å². The van der Waals surface area contributed by atoms with Crippen molar-refractivity contribution in [3.8, 4) is 0 Å². The van der Waals surface area contributed by atoms with E-state index in [2.05, 4.69) is 25.5 Å². The quantitative estimate of drug-likeness (QED) is 0.344. The lowest BCUT2D eigenvalue weighted by Crippen LogP contribution is -2.12. The predicted molar refractivity (Wildman–Crippen MR) is 118 cm³/mol. The SMILES string of the molecule is COC(=O)c1ccc2c(=O)[nH]c(CSc3nnc(Nc4cccc(C)c4)s3)nc2c1. The van der Waals surface area contributed by atoms with E-state index in [1.165, 1.54) is 30.2 Å². The Balaban J connectivity index is 1.49. The topological polar surface area (TPSA) is 110 Å². The Labute approximate surface area is 179 Å². The van der Waals surface area contributed by atoms with Gasteiger partial charge < -0.3 is 15.0 Å². The van der Waals surface area contributed by atoms with Gasteiger partial charge in [-0.25, -0.2) is 9.78 Å². The molecule has 0 unspecified atom stereocenters. The first-order valence-electron chi connectivity index (χ1n) is 8.93. The summed E-state index contributed by atoms with van der Waals surface area (Å²) in [7, 11) is 1.31. The molecule has 30 heavy (non-hydrogen) atoms. The van der Waals surface area contributed by atoms with Crippen LogP contribution < -0.4 is 10.9 Å². The number of esters is 1. The first-order valence-corrected chi connectivity index (χ1v) is 10.7. The number of ether oxygens (including phenoxy) is 1. The average Bonchev–Trinajstić information content (AvgIpc) is 3.18. The van der Waals surface area contributed by atoms with E-state index < -0.39 is 5.97 Å². The third-order valence-corrected chi connectivity index (χ3v) is 6.17. The second kappa shape index (κ2) is 8.64. The van der Waals surface area contributed by atoms with Crippen molar-refractivity contribution in [2.75, 3.05) is 12.4 Å². The number of nitrogens with zero attached hydrogens (tertiary/aromatic N) is 3. The number of thioether (sulfide) groups is 1. The van der Waals surface area contributed by atoms with Gasteiger partial charge in [-0.3, -0.25) is 4.79 Å². The molecule has 0 aliphatic carbocycles. The Morgan fingerprint density at radius 2 is 2.10 bits per heavy atom. The lowest BCUT2D eigenvalue weighted by atomic mass is 10.1. The number of hydrogen-bond acceptors (Lipinski definition) is 9. The zero-order valence-electron chi connectivity index (χ0n) is 16.1. The van der Waals surface area contributed by atoms with Crippen molar-refractivity contribution in [1.29, 1.82) is 0 Å². The van der Waals surface area contributed by atoms with Crippen molar-refractivity contribution in [2.45, 2.75) is 17.0 Å². The molecule has 2 aromatic carbocycles. The highest BCUT2D eigenvalue weighted by atomic mass is 32.2. The molecule has 0 aliphatic heterocycles. The van der Waals surface area contributed by atoms with Crippen molar-refractivity contribution in [3.05, 3.63) is 69.8 Å². The highest BCUT2D eigenvalue weighted by Gasteiger charge is 2.11. The van der Waals surface area contributed by atoms with Crippen LogP contribution in [0.5, 0.6) is 0 Å². The van der Waals surface area contributed by atoms with Crippen LogP contribution in [0, 0.1) is 6.92 Å². The van der Waals surface area contributed by atoms with E-state index >= 15 is 0 Å². The molecule has 2 N–H and O–H groups in total. The molecule has 0 saturated heterocycles. The number of carbonyl (C=O) groups is 1. The van der Waals surface area contributed by atoms with Gasteiger partial charge >= 0.3 is 5.97 Å². The van der Waals surface area contributed by atoms with E-state index in [1.807, 2.05) is 31.2 Å². The molecule has 152 valence electrons. The van der Waals surface area contributed by atoms with Gasteiger partial charge in [-0.1, -0.05) is 35.2 Å². The van der Waals surface area contributed by atoms with E-state index in [0.717, 1.165) is 15.6 Å². The summed E-state index contributed by atoms with van der Waals surface area (Å²) in [6, 6.07) is 12.7. The molecule has 4 aromatic rings. The van der Waals surface area contributed by atoms with Crippen molar-refractivity contribution < 1.29 is 9.53 Å². The molecule has 4 rings (SSSR count). The molecule has 0 saturated carbocycles. The van der Waals surface area contributed by atoms with Crippen LogP contribution in [0.1, 0.15) is 21.7 Å². The first-order chi connectivity index (χ1) is 14.5. The van der Waals surface area contributed by atoms with Gasteiger partial charge in [0.1, 0.15) is 5.82 Å². The Hall–Kier alpha value is -3.24. The van der Waals surface area contributed by atoms with Crippen LogP contribution in [0.2, 0.25) is 0 Å². The zero-order valence-corrected chi connectivity index (χ0v) is 17.8. The van der Waals surface area contributed by atoms with E-state index in [4.69, 9.17) is 4.74 Å². The number of benzene rings is 2. The van der Waals surface area contributed by atoms with Crippen LogP contribution in [-0.4, -0.2) is 33.2 Å². The number of rotatable bonds is 6.